The quantitative estimate of drug-likeness (QED) is 0.529. The van der Waals surface area contributed by atoms with Gasteiger partial charge in [0.25, 0.3) is 0 Å². The summed E-state index contributed by atoms with van der Waals surface area (Å²) in [7, 11) is 4.28. The molecule has 5 nitrogen and oxygen atoms in total. The molecule has 0 N–H and O–H groups in total. The molecular formula is C6H11NO4. The number of hydrogen-bond donors (Lipinski definition) is 0. The number of hydrogen-bond acceptors (Lipinski definition) is 4. The van der Waals surface area contributed by atoms with Gasteiger partial charge in [0.05, 0.1) is 7.11 Å². The Kier molecular flexibility index (Phi) is 4.02. The summed E-state index contributed by atoms with van der Waals surface area (Å²) in [5.41, 5.74) is 0. The highest BCUT2D eigenvalue weighted by Gasteiger charge is 2.07. The predicted molar refractivity (Wildman–Crippen MR) is 37.1 cm³/mol. The number of amides is 1. The number of nitrogens with zero attached hydrogens (tertiary/aromatic N) is 1. The lowest BCUT2D eigenvalue weighted by molar-refractivity contribution is -0.144. The van der Waals surface area contributed by atoms with E-state index in [1.807, 2.05) is 0 Å². The van der Waals surface area contributed by atoms with E-state index in [2.05, 4.69) is 9.47 Å². The van der Waals surface area contributed by atoms with Crippen LogP contribution in [0.15, 0.2) is 0 Å². The summed E-state index contributed by atoms with van der Waals surface area (Å²) in [5, 5.41) is 0. The lowest BCUT2D eigenvalue weighted by Crippen LogP contribution is -2.25. The van der Waals surface area contributed by atoms with Gasteiger partial charge >= 0.3 is 12.1 Å². The molecule has 0 aromatic heterocycles. The molecule has 0 rings (SSSR count). The number of ether oxygens (including phenoxy) is 2. The van der Waals surface area contributed by atoms with E-state index in [-0.39, 0.29) is 6.61 Å². The average molecular weight is 161 g/mol. The Morgan fingerprint density at radius 2 is 1.91 bits per heavy atom. The van der Waals surface area contributed by atoms with Gasteiger partial charge in [0.2, 0.25) is 0 Å². The van der Waals surface area contributed by atoms with Crippen LogP contribution in [0.1, 0.15) is 0 Å². The molecule has 5 heteroatoms. The Bertz CT molecular complexity index is 155. The third kappa shape index (κ3) is 4.19. The molecule has 0 aliphatic rings. The van der Waals surface area contributed by atoms with E-state index < -0.39 is 12.1 Å². The fraction of sp³-hybridized carbons (Fsp3) is 0.667. The molecule has 0 aromatic carbocycles. The largest absolute Gasteiger partial charge is 0.466 e. The maximum Gasteiger partial charge on any atom is 0.409 e. The van der Waals surface area contributed by atoms with Crippen LogP contribution < -0.4 is 0 Å². The molecule has 0 radical (unpaired) electrons. The van der Waals surface area contributed by atoms with E-state index in [1.165, 1.54) is 26.1 Å². The van der Waals surface area contributed by atoms with Crippen molar-refractivity contribution in [2.45, 2.75) is 0 Å². The lowest BCUT2D eigenvalue weighted by Gasteiger charge is -2.09. The highest BCUT2D eigenvalue weighted by Crippen LogP contribution is 1.85. The van der Waals surface area contributed by atoms with Gasteiger partial charge in [0.15, 0.2) is 6.61 Å². The summed E-state index contributed by atoms with van der Waals surface area (Å²) in [4.78, 5) is 22.3. The van der Waals surface area contributed by atoms with Crippen molar-refractivity contribution in [3.05, 3.63) is 0 Å². The van der Waals surface area contributed by atoms with Crippen molar-refractivity contribution in [2.24, 2.45) is 0 Å². The van der Waals surface area contributed by atoms with Crippen LogP contribution in [0.5, 0.6) is 0 Å². The van der Waals surface area contributed by atoms with Gasteiger partial charge in [-0.2, -0.15) is 0 Å². The minimum absolute atomic E-state index is 0.340. The van der Waals surface area contributed by atoms with Crippen LogP contribution in [0.25, 0.3) is 0 Å². The molecule has 11 heavy (non-hydrogen) atoms. The maximum atomic E-state index is 10.7. The predicted octanol–water partition coefficient (Wildman–Crippen LogP) is -0.142. The van der Waals surface area contributed by atoms with E-state index >= 15 is 0 Å². The number of esters is 1. The number of carbonyl (C=O) groups is 2. The second-order valence-electron chi connectivity index (χ2n) is 2.03. The van der Waals surface area contributed by atoms with Crippen LogP contribution >= 0.6 is 0 Å². The van der Waals surface area contributed by atoms with Crippen molar-refractivity contribution < 1.29 is 19.1 Å². The second-order valence-corrected chi connectivity index (χ2v) is 2.03. The van der Waals surface area contributed by atoms with Crippen LogP contribution in [-0.4, -0.2) is 44.8 Å². The molecule has 1 amide bonds. The molecule has 0 saturated heterocycles. The topological polar surface area (TPSA) is 55.8 Å². The van der Waals surface area contributed by atoms with Gasteiger partial charge < -0.3 is 14.4 Å². The van der Waals surface area contributed by atoms with Gasteiger partial charge in [-0.1, -0.05) is 0 Å². The highest BCUT2D eigenvalue weighted by atomic mass is 16.6. The fourth-order valence-electron chi connectivity index (χ4n) is 0.309. The third-order valence-corrected chi connectivity index (χ3v) is 0.906. The molecule has 0 spiro atoms. The van der Waals surface area contributed by atoms with Gasteiger partial charge in [-0.15, -0.1) is 0 Å². The summed E-state index contributed by atoms with van der Waals surface area (Å²) in [5.74, 6) is -0.569. The summed E-state index contributed by atoms with van der Waals surface area (Å²) in [6.45, 7) is -0.340. The van der Waals surface area contributed by atoms with Crippen molar-refractivity contribution in [3.63, 3.8) is 0 Å². The number of carbonyl (C=O) groups excluding carboxylic acids is 2. The fourth-order valence-corrected chi connectivity index (χ4v) is 0.309. The smallest absolute Gasteiger partial charge is 0.409 e. The second kappa shape index (κ2) is 4.54. The van der Waals surface area contributed by atoms with Gasteiger partial charge in [-0.3, -0.25) is 0 Å². The van der Waals surface area contributed by atoms with Gasteiger partial charge in [-0.25, -0.2) is 9.59 Å². The monoisotopic (exact) mass is 161 g/mol. The lowest BCUT2D eigenvalue weighted by atomic mass is 10.7. The molecule has 0 saturated carbocycles. The van der Waals surface area contributed by atoms with E-state index in [9.17, 15) is 9.59 Å². The zero-order valence-electron chi connectivity index (χ0n) is 6.79. The molecule has 64 valence electrons. The van der Waals surface area contributed by atoms with Crippen LogP contribution in [-0.2, 0) is 14.3 Å². The summed E-state index contributed by atoms with van der Waals surface area (Å²) >= 11 is 0. The van der Waals surface area contributed by atoms with Crippen LogP contribution in [0.2, 0.25) is 0 Å². The molecule has 0 fully saturated rings. The summed E-state index contributed by atoms with van der Waals surface area (Å²) in [6, 6.07) is 0. The van der Waals surface area contributed by atoms with E-state index in [4.69, 9.17) is 0 Å². The SMILES string of the molecule is COC(=O)COC(=O)N(C)C. The van der Waals surface area contributed by atoms with Gasteiger partial charge in [0.1, 0.15) is 0 Å². The molecule has 0 aliphatic heterocycles. The molecular weight excluding hydrogens is 150 g/mol. The first kappa shape index (κ1) is 9.74. The van der Waals surface area contributed by atoms with Crippen molar-refractivity contribution in [1.29, 1.82) is 0 Å². The Morgan fingerprint density at radius 3 is 2.27 bits per heavy atom. The summed E-state index contributed by atoms with van der Waals surface area (Å²) in [6.07, 6.45) is -0.560. The van der Waals surface area contributed by atoms with Crippen molar-refractivity contribution in [2.75, 3.05) is 27.8 Å². The zero-order valence-corrected chi connectivity index (χ0v) is 6.79. The van der Waals surface area contributed by atoms with E-state index in [0.29, 0.717) is 0 Å². The van der Waals surface area contributed by atoms with Crippen molar-refractivity contribution >= 4 is 12.1 Å². The standard InChI is InChI=1S/C6H11NO4/c1-7(2)6(9)11-4-5(8)10-3/h4H2,1-3H3. The first-order valence-electron chi connectivity index (χ1n) is 2.99. The Hall–Kier alpha value is -1.26. The minimum atomic E-state index is -0.569. The zero-order chi connectivity index (χ0) is 8.85. The maximum absolute atomic E-state index is 10.7. The molecule has 0 heterocycles. The summed E-state index contributed by atoms with van der Waals surface area (Å²) < 4.78 is 8.71. The van der Waals surface area contributed by atoms with Crippen molar-refractivity contribution in [3.8, 4) is 0 Å². The molecule has 0 aromatic rings. The molecule has 0 aliphatic carbocycles. The Balaban J connectivity index is 3.54. The minimum Gasteiger partial charge on any atom is -0.466 e. The van der Waals surface area contributed by atoms with Crippen LogP contribution in [0.3, 0.4) is 0 Å². The highest BCUT2D eigenvalue weighted by molar-refractivity contribution is 5.75. The normalized spacial score (nSPS) is 8.64. The van der Waals surface area contributed by atoms with Gasteiger partial charge in [-0.05, 0) is 0 Å². The Labute approximate surface area is 64.9 Å². The first-order chi connectivity index (χ1) is 5.07. The molecule has 0 bridgehead atoms. The molecule has 0 unspecified atom stereocenters. The first-order valence-corrected chi connectivity index (χ1v) is 2.99. The van der Waals surface area contributed by atoms with Crippen LogP contribution in [0.4, 0.5) is 4.79 Å². The third-order valence-electron chi connectivity index (χ3n) is 0.906. The van der Waals surface area contributed by atoms with Crippen molar-refractivity contribution in [1.82, 2.24) is 4.90 Å². The number of rotatable bonds is 2. The van der Waals surface area contributed by atoms with E-state index in [0.717, 1.165) is 0 Å². The van der Waals surface area contributed by atoms with E-state index in [1.54, 1.807) is 0 Å². The molecule has 0 atom stereocenters. The number of methoxy groups -OCH3 is 1. The van der Waals surface area contributed by atoms with Crippen LogP contribution in [0, 0.1) is 0 Å². The van der Waals surface area contributed by atoms with Gasteiger partial charge in [0, 0.05) is 14.1 Å². The average Bonchev–Trinajstić information content (AvgIpc) is 1.99. The Morgan fingerprint density at radius 1 is 1.36 bits per heavy atom.